The lowest BCUT2D eigenvalue weighted by atomic mass is 10.1. The van der Waals surface area contributed by atoms with E-state index in [9.17, 15) is 9.18 Å². The maximum atomic E-state index is 13.0. The molecule has 2 rings (SSSR count). The minimum atomic E-state index is -0.366. The Bertz CT molecular complexity index is 412. The molecule has 1 amide bonds. The van der Waals surface area contributed by atoms with E-state index < -0.39 is 0 Å². The summed E-state index contributed by atoms with van der Waals surface area (Å²) in [5, 5.41) is 2.92. The van der Waals surface area contributed by atoms with E-state index in [4.69, 9.17) is 0 Å². The molecule has 1 aromatic carbocycles. The molecule has 1 saturated carbocycles. The Morgan fingerprint density at radius 3 is 2.81 bits per heavy atom. The van der Waals surface area contributed by atoms with Crippen molar-refractivity contribution in [2.45, 2.75) is 32.7 Å². The minimum absolute atomic E-state index is 0.170. The van der Waals surface area contributed by atoms with Crippen LogP contribution in [-0.4, -0.2) is 11.9 Å². The zero-order chi connectivity index (χ0) is 11.7. The Balaban J connectivity index is 2.10. The van der Waals surface area contributed by atoms with Gasteiger partial charge in [-0.1, -0.05) is 6.07 Å². The number of nitrogens with one attached hydrogen (secondary N) is 1. The van der Waals surface area contributed by atoms with Crippen LogP contribution in [0.2, 0.25) is 0 Å². The first kappa shape index (κ1) is 11.1. The Kier molecular flexibility index (Phi) is 2.95. The van der Waals surface area contributed by atoms with E-state index in [0.717, 1.165) is 5.56 Å². The van der Waals surface area contributed by atoms with Gasteiger partial charge in [0.2, 0.25) is 0 Å². The highest BCUT2D eigenvalue weighted by atomic mass is 19.1. The lowest BCUT2D eigenvalue weighted by Gasteiger charge is -2.13. The van der Waals surface area contributed by atoms with Gasteiger partial charge in [-0.2, -0.15) is 0 Å². The fraction of sp³-hybridized carbons (Fsp3) is 0.462. The summed E-state index contributed by atoms with van der Waals surface area (Å²) in [5.74, 6) is 0.0732. The number of hydrogen-bond acceptors (Lipinski definition) is 1. The third-order valence-corrected chi connectivity index (χ3v) is 3.13. The summed E-state index contributed by atoms with van der Waals surface area (Å²) in [5.41, 5.74) is 1.24. The van der Waals surface area contributed by atoms with Crippen molar-refractivity contribution in [3.8, 4) is 0 Å². The van der Waals surface area contributed by atoms with Crippen molar-refractivity contribution in [2.24, 2.45) is 5.92 Å². The first-order valence-corrected chi connectivity index (χ1v) is 5.65. The van der Waals surface area contributed by atoms with E-state index in [-0.39, 0.29) is 17.8 Å². The van der Waals surface area contributed by atoms with Gasteiger partial charge < -0.3 is 5.32 Å². The molecule has 1 aromatic rings. The fourth-order valence-corrected chi connectivity index (χ4v) is 1.84. The van der Waals surface area contributed by atoms with E-state index in [1.165, 1.54) is 25.0 Å². The Morgan fingerprint density at radius 1 is 1.50 bits per heavy atom. The third kappa shape index (κ3) is 2.40. The maximum Gasteiger partial charge on any atom is 0.251 e. The number of carbonyl (C=O) groups excluding carboxylic acids is 1. The molecule has 0 saturated heterocycles. The quantitative estimate of drug-likeness (QED) is 0.835. The minimum Gasteiger partial charge on any atom is -0.349 e. The van der Waals surface area contributed by atoms with Crippen LogP contribution in [0.4, 0.5) is 4.39 Å². The molecule has 1 atom stereocenters. The van der Waals surface area contributed by atoms with Crippen LogP contribution in [0.15, 0.2) is 18.2 Å². The summed E-state index contributed by atoms with van der Waals surface area (Å²) in [7, 11) is 0. The van der Waals surface area contributed by atoms with Crippen LogP contribution in [0, 0.1) is 18.7 Å². The SMILES string of the molecule is Cc1ccc(F)cc1C(=O)NC(C)C1CC1. The van der Waals surface area contributed by atoms with Gasteiger partial charge in [0.25, 0.3) is 5.91 Å². The number of carbonyl (C=O) groups is 1. The molecule has 1 fully saturated rings. The molecule has 16 heavy (non-hydrogen) atoms. The molecule has 0 spiro atoms. The Labute approximate surface area is 94.9 Å². The van der Waals surface area contributed by atoms with E-state index in [1.807, 2.05) is 13.8 Å². The molecule has 1 unspecified atom stereocenters. The Morgan fingerprint density at radius 2 is 2.19 bits per heavy atom. The van der Waals surface area contributed by atoms with Crippen LogP contribution in [0.1, 0.15) is 35.7 Å². The number of benzene rings is 1. The van der Waals surface area contributed by atoms with Gasteiger partial charge in [0.05, 0.1) is 0 Å². The summed E-state index contributed by atoms with van der Waals surface area (Å²) in [6.45, 7) is 3.82. The summed E-state index contributed by atoms with van der Waals surface area (Å²) in [6.07, 6.45) is 2.37. The van der Waals surface area contributed by atoms with Crippen molar-refractivity contribution in [3.05, 3.63) is 35.1 Å². The average molecular weight is 221 g/mol. The van der Waals surface area contributed by atoms with Crippen molar-refractivity contribution < 1.29 is 9.18 Å². The van der Waals surface area contributed by atoms with E-state index in [1.54, 1.807) is 6.07 Å². The van der Waals surface area contributed by atoms with Gasteiger partial charge in [-0.05, 0) is 50.3 Å². The number of hydrogen-bond donors (Lipinski definition) is 1. The molecule has 2 nitrogen and oxygen atoms in total. The highest BCUT2D eigenvalue weighted by molar-refractivity contribution is 5.95. The second-order valence-corrected chi connectivity index (χ2v) is 4.56. The summed E-state index contributed by atoms with van der Waals surface area (Å²) in [6, 6.07) is 4.49. The van der Waals surface area contributed by atoms with Gasteiger partial charge in [-0.3, -0.25) is 4.79 Å². The molecule has 0 heterocycles. The Hall–Kier alpha value is -1.38. The van der Waals surface area contributed by atoms with Gasteiger partial charge in [0.1, 0.15) is 5.82 Å². The van der Waals surface area contributed by atoms with Gasteiger partial charge in [-0.25, -0.2) is 4.39 Å². The molecule has 3 heteroatoms. The molecule has 1 aliphatic carbocycles. The van der Waals surface area contributed by atoms with Crippen molar-refractivity contribution in [1.82, 2.24) is 5.32 Å². The number of halogens is 1. The molecule has 0 aliphatic heterocycles. The lowest BCUT2D eigenvalue weighted by molar-refractivity contribution is 0.0935. The second kappa shape index (κ2) is 4.24. The van der Waals surface area contributed by atoms with E-state index in [2.05, 4.69) is 5.32 Å². The lowest BCUT2D eigenvalue weighted by Crippen LogP contribution is -2.34. The maximum absolute atomic E-state index is 13.0. The first-order chi connectivity index (χ1) is 7.58. The normalized spacial score (nSPS) is 16.9. The van der Waals surface area contributed by atoms with Gasteiger partial charge in [-0.15, -0.1) is 0 Å². The highest BCUT2D eigenvalue weighted by Crippen LogP contribution is 2.32. The van der Waals surface area contributed by atoms with Crippen LogP contribution in [-0.2, 0) is 0 Å². The van der Waals surface area contributed by atoms with Crippen LogP contribution in [0.5, 0.6) is 0 Å². The van der Waals surface area contributed by atoms with Crippen LogP contribution in [0.3, 0.4) is 0 Å². The summed E-state index contributed by atoms with van der Waals surface area (Å²) >= 11 is 0. The number of aryl methyl sites for hydroxylation is 1. The van der Waals surface area contributed by atoms with Crippen LogP contribution < -0.4 is 5.32 Å². The number of rotatable bonds is 3. The average Bonchev–Trinajstić information content (AvgIpc) is 3.04. The smallest absolute Gasteiger partial charge is 0.251 e. The molecular formula is C13H16FNO. The molecule has 86 valence electrons. The topological polar surface area (TPSA) is 29.1 Å². The molecule has 1 N–H and O–H groups in total. The summed E-state index contributed by atoms with van der Waals surface area (Å²) in [4.78, 5) is 11.9. The third-order valence-electron chi connectivity index (χ3n) is 3.13. The number of amides is 1. The zero-order valence-corrected chi connectivity index (χ0v) is 9.59. The fourth-order valence-electron chi connectivity index (χ4n) is 1.84. The van der Waals surface area contributed by atoms with E-state index >= 15 is 0 Å². The van der Waals surface area contributed by atoms with Crippen molar-refractivity contribution in [1.29, 1.82) is 0 Å². The summed E-state index contributed by atoms with van der Waals surface area (Å²) < 4.78 is 13.0. The molecule has 0 aromatic heterocycles. The van der Waals surface area contributed by atoms with Crippen LogP contribution in [0.25, 0.3) is 0 Å². The predicted molar refractivity (Wildman–Crippen MR) is 60.8 cm³/mol. The molecule has 0 radical (unpaired) electrons. The van der Waals surface area contributed by atoms with Gasteiger partial charge in [0.15, 0.2) is 0 Å². The van der Waals surface area contributed by atoms with Crippen molar-refractivity contribution in [2.75, 3.05) is 0 Å². The second-order valence-electron chi connectivity index (χ2n) is 4.56. The first-order valence-electron chi connectivity index (χ1n) is 5.65. The monoisotopic (exact) mass is 221 g/mol. The van der Waals surface area contributed by atoms with Crippen molar-refractivity contribution >= 4 is 5.91 Å². The van der Waals surface area contributed by atoms with E-state index in [0.29, 0.717) is 11.5 Å². The molecule has 1 aliphatic rings. The van der Waals surface area contributed by atoms with Gasteiger partial charge in [0, 0.05) is 11.6 Å². The highest BCUT2D eigenvalue weighted by Gasteiger charge is 2.29. The predicted octanol–water partition coefficient (Wildman–Crippen LogP) is 2.66. The molecule has 0 bridgehead atoms. The zero-order valence-electron chi connectivity index (χ0n) is 9.59. The van der Waals surface area contributed by atoms with Crippen LogP contribution >= 0.6 is 0 Å². The largest absolute Gasteiger partial charge is 0.349 e. The van der Waals surface area contributed by atoms with Crippen molar-refractivity contribution in [3.63, 3.8) is 0 Å². The molecular weight excluding hydrogens is 205 g/mol. The van der Waals surface area contributed by atoms with Gasteiger partial charge >= 0.3 is 0 Å². The standard InChI is InChI=1S/C13H16FNO/c1-8-3-6-11(14)7-12(8)13(16)15-9(2)10-4-5-10/h3,6-7,9-10H,4-5H2,1-2H3,(H,15,16).